The monoisotopic (exact) mass is 649 g/mol. The minimum atomic E-state index is -1.85. The molecule has 150 valence electrons. The molecule has 0 saturated heterocycles. The van der Waals surface area contributed by atoms with Crippen molar-refractivity contribution in [2.24, 2.45) is 0 Å². The molecule has 2 aromatic rings. The first-order valence-corrected chi connectivity index (χ1v) is 11.6. The number of alkyl halides is 3. The summed E-state index contributed by atoms with van der Waals surface area (Å²) in [5, 5.41) is 8.71. The number of hydrogen-bond donors (Lipinski definition) is 3. The van der Waals surface area contributed by atoms with E-state index in [1.54, 1.807) is 24.3 Å². The maximum atomic E-state index is 12.6. The summed E-state index contributed by atoms with van der Waals surface area (Å²) >= 11 is 33.7. The minimum Gasteiger partial charge on any atom is -0.339 e. The van der Waals surface area contributed by atoms with E-state index in [1.807, 2.05) is 19.1 Å². The molecule has 0 aromatic heterocycles. The summed E-state index contributed by atoms with van der Waals surface area (Å²) in [4.78, 5) is 12.6. The topological polar surface area (TPSA) is 53.2 Å². The van der Waals surface area contributed by atoms with Gasteiger partial charge in [-0.2, -0.15) is 0 Å². The molecular weight excluding hydrogens is 640 g/mol. The molecule has 0 saturated carbocycles. The van der Waals surface area contributed by atoms with Crippen molar-refractivity contribution in [2.45, 2.75) is 16.9 Å². The van der Waals surface area contributed by atoms with Crippen LogP contribution in [-0.2, 0) is 0 Å². The smallest absolute Gasteiger partial charge is 0.254 e. The molecule has 3 N–H and O–H groups in total. The van der Waals surface area contributed by atoms with Gasteiger partial charge in [0.25, 0.3) is 5.91 Å². The fraction of sp³-hybridized carbons (Fsp3) is 0.176. The van der Waals surface area contributed by atoms with Gasteiger partial charge in [-0.3, -0.25) is 4.79 Å². The van der Waals surface area contributed by atoms with E-state index in [0.29, 0.717) is 10.0 Å². The number of thiocarbonyl (C=S) groups is 1. The lowest BCUT2D eigenvalue weighted by molar-refractivity contribution is 0.0934. The Hall–Kier alpha value is -0.0900. The predicted octanol–water partition coefficient (Wildman–Crippen LogP) is 6.70. The number of benzene rings is 2. The van der Waals surface area contributed by atoms with E-state index in [0.717, 1.165) is 20.2 Å². The van der Waals surface area contributed by atoms with Crippen LogP contribution in [0.4, 0.5) is 5.69 Å². The molecule has 28 heavy (non-hydrogen) atoms. The standard InChI is InChI=1S/C17H13Br3Cl3N3OS/c1-8-6-9(18)7-12(20)13(8)24-16(28)26-15(17(21,22)23)25-14(27)10-4-2-3-5-11(10)19/h2-7,15H,1H3,(H,25,27)(H2,24,26,28)/t15-/m0/s1. The van der Waals surface area contributed by atoms with Gasteiger partial charge in [0, 0.05) is 13.4 Å². The number of aryl methyl sites for hydroxylation is 1. The van der Waals surface area contributed by atoms with E-state index in [1.165, 1.54) is 0 Å². The highest BCUT2D eigenvalue weighted by Gasteiger charge is 2.35. The number of carbonyl (C=O) groups is 1. The number of amides is 1. The molecule has 1 amide bonds. The Bertz CT molecular complexity index is 886. The third-order valence-electron chi connectivity index (χ3n) is 3.49. The molecule has 0 bridgehead atoms. The Morgan fingerprint density at radius 2 is 1.71 bits per heavy atom. The third kappa shape index (κ3) is 6.72. The molecule has 0 aliphatic heterocycles. The van der Waals surface area contributed by atoms with Gasteiger partial charge in [0.1, 0.15) is 6.17 Å². The van der Waals surface area contributed by atoms with Crippen LogP contribution in [0.1, 0.15) is 15.9 Å². The molecule has 4 nitrogen and oxygen atoms in total. The van der Waals surface area contributed by atoms with Crippen molar-refractivity contribution in [3.8, 4) is 0 Å². The second kappa shape index (κ2) is 10.3. The van der Waals surface area contributed by atoms with E-state index >= 15 is 0 Å². The van der Waals surface area contributed by atoms with Gasteiger partial charge in [-0.05, 0) is 80.8 Å². The van der Waals surface area contributed by atoms with Crippen molar-refractivity contribution in [3.05, 3.63) is 60.9 Å². The van der Waals surface area contributed by atoms with Crippen LogP contribution in [0.15, 0.2) is 49.8 Å². The molecule has 2 rings (SSSR count). The fourth-order valence-electron chi connectivity index (χ4n) is 2.20. The van der Waals surface area contributed by atoms with E-state index in [-0.39, 0.29) is 5.11 Å². The van der Waals surface area contributed by atoms with Gasteiger partial charge in [0.2, 0.25) is 3.79 Å². The zero-order valence-corrected chi connectivity index (χ0v) is 22.0. The molecule has 0 fully saturated rings. The molecule has 0 aliphatic carbocycles. The Balaban J connectivity index is 2.16. The lowest BCUT2D eigenvalue weighted by Crippen LogP contribution is -2.56. The third-order valence-corrected chi connectivity index (χ3v) is 6.14. The van der Waals surface area contributed by atoms with Crippen LogP contribution in [0.5, 0.6) is 0 Å². The normalized spacial score (nSPS) is 12.2. The van der Waals surface area contributed by atoms with Gasteiger partial charge in [0.15, 0.2) is 5.11 Å². The van der Waals surface area contributed by atoms with Gasteiger partial charge in [-0.25, -0.2) is 0 Å². The lowest BCUT2D eigenvalue weighted by atomic mass is 10.2. The van der Waals surface area contributed by atoms with Crippen LogP contribution in [0.25, 0.3) is 0 Å². The summed E-state index contributed by atoms with van der Waals surface area (Å²) in [5.74, 6) is -0.430. The number of halogens is 6. The number of hydrogen-bond acceptors (Lipinski definition) is 2. The summed E-state index contributed by atoms with van der Waals surface area (Å²) in [6.07, 6.45) is -1.08. The summed E-state index contributed by atoms with van der Waals surface area (Å²) in [7, 11) is 0. The highest BCUT2D eigenvalue weighted by Crippen LogP contribution is 2.32. The SMILES string of the molecule is Cc1cc(Br)cc(Br)c1NC(=S)N[C@H](NC(=O)c1ccccc1Br)C(Cl)(Cl)Cl. The fourth-order valence-corrected chi connectivity index (χ4v) is 4.75. The van der Waals surface area contributed by atoms with Crippen molar-refractivity contribution in [1.82, 2.24) is 10.6 Å². The molecule has 0 spiro atoms. The Kier molecular flexibility index (Phi) is 8.88. The van der Waals surface area contributed by atoms with E-state index in [4.69, 9.17) is 47.0 Å². The first-order chi connectivity index (χ1) is 13.0. The van der Waals surface area contributed by atoms with Crippen molar-refractivity contribution in [3.63, 3.8) is 0 Å². The van der Waals surface area contributed by atoms with Crippen molar-refractivity contribution < 1.29 is 4.79 Å². The van der Waals surface area contributed by atoms with Gasteiger partial charge in [-0.15, -0.1) is 0 Å². The maximum absolute atomic E-state index is 12.6. The summed E-state index contributed by atoms with van der Waals surface area (Å²) in [6, 6.07) is 10.7. The quantitative estimate of drug-likeness (QED) is 0.196. The van der Waals surface area contributed by atoms with Crippen LogP contribution in [-0.4, -0.2) is 21.0 Å². The van der Waals surface area contributed by atoms with Crippen LogP contribution in [0, 0.1) is 6.92 Å². The zero-order chi connectivity index (χ0) is 21.1. The van der Waals surface area contributed by atoms with E-state index in [9.17, 15) is 4.79 Å². The first-order valence-electron chi connectivity index (χ1n) is 7.64. The molecule has 0 heterocycles. The highest BCUT2D eigenvalue weighted by atomic mass is 79.9. The molecule has 0 radical (unpaired) electrons. The van der Waals surface area contributed by atoms with Crippen LogP contribution < -0.4 is 16.0 Å². The number of carbonyl (C=O) groups excluding carboxylic acids is 1. The zero-order valence-electron chi connectivity index (χ0n) is 14.1. The summed E-state index contributed by atoms with van der Waals surface area (Å²) < 4.78 is 0.479. The van der Waals surface area contributed by atoms with Crippen LogP contribution in [0.3, 0.4) is 0 Å². The average Bonchev–Trinajstić information content (AvgIpc) is 2.57. The predicted molar refractivity (Wildman–Crippen MR) is 132 cm³/mol. The molecule has 0 aliphatic rings. The number of anilines is 1. The van der Waals surface area contributed by atoms with Gasteiger partial charge < -0.3 is 16.0 Å². The summed E-state index contributed by atoms with van der Waals surface area (Å²) in [5.41, 5.74) is 2.09. The van der Waals surface area contributed by atoms with Gasteiger partial charge >= 0.3 is 0 Å². The van der Waals surface area contributed by atoms with Crippen LogP contribution >= 0.6 is 94.8 Å². The summed E-state index contributed by atoms with van der Waals surface area (Å²) in [6.45, 7) is 1.92. The van der Waals surface area contributed by atoms with Crippen molar-refractivity contribution in [1.29, 1.82) is 0 Å². The van der Waals surface area contributed by atoms with Crippen molar-refractivity contribution >= 4 is 112 Å². The van der Waals surface area contributed by atoms with Gasteiger partial charge in [0.05, 0.1) is 11.3 Å². The molecule has 1 atom stereocenters. The maximum Gasteiger partial charge on any atom is 0.254 e. The number of rotatable bonds is 4. The molecular formula is C17H13Br3Cl3N3OS. The van der Waals surface area contributed by atoms with Gasteiger partial charge in [-0.1, -0.05) is 62.9 Å². The molecule has 2 aromatic carbocycles. The minimum absolute atomic E-state index is 0.176. The Labute approximate surface area is 208 Å². The largest absolute Gasteiger partial charge is 0.339 e. The van der Waals surface area contributed by atoms with Crippen molar-refractivity contribution in [2.75, 3.05) is 5.32 Å². The molecule has 11 heteroatoms. The lowest BCUT2D eigenvalue weighted by Gasteiger charge is -2.28. The van der Waals surface area contributed by atoms with E-state index < -0.39 is 15.9 Å². The molecule has 0 unspecified atom stereocenters. The highest BCUT2D eigenvalue weighted by molar-refractivity contribution is 9.11. The second-order valence-electron chi connectivity index (χ2n) is 5.61. The average molecular weight is 653 g/mol. The van der Waals surface area contributed by atoms with Crippen LogP contribution in [0.2, 0.25) is 0 Å². The van der Waals surface area contributed by atoms with E-state index in [2.05, 4.69) is 63.7 Å². The number of nitrogens with one attached hydrogen (secondary N) is 3. The first kappa shape index (κ1) is 24.2. The second-order valence-corrected chi connectivity index (χ2v) is 11.0. The Morgan fingerprint density at radius 1 is 1.07 bits per heavy atom. The Morgan fingerprint density at radius 3 is 2.29 bits per heavy atom.